The molecule has 0 aliphatic carbocycles. The number of aryl methyl sites for hydroxylation is 1. The van der Waals surface area contributed by atoms with Gasteiger partial charge in [-0.2, -0.15) is 0 Å². The Labute approximate surface area is 164 Å². The predicted octanol–water partition coefficient (Wildman–Crippen LogP) is 2.31. The van der Waals surface area contributed by atoms with Crippen LogP contribution in [0.25, 0.3) is 0 Å². The number of hydrogen-bond acceptors (Lipinski definition) is 6. The Morgan fingerprint density at radius 3 is 2.89 bits per heavy atom. The number of urea groups is 1. The molecule has 2 aromatic rings. The van der Waals surface area contributed by atoms with E-state index in [1.54, 1.807) is 4.90 Å². The minimum atomic E-state index is -0.103. The summed E-state index contributed by atoms with van der Waals surface area (Å²) in [5.41, 5.74) is 1.92. The van der Waals surface area contributed by atoms with E-state index in [1.165, 1.54) is 6.33 Å². The molecule has 28 heavy (non-hydrogen) atoms. The quantitative estimate of drug-likeness (QED) is 0.873. The molecule has 2 amide bonds. The summed E-state index contributed by atoms with van der Waals surface area (Å²) >= 11 is 0. The Morgan fingerprint density at radius 2 is 2.07 bits per heavy atom. The van der Waals surface area contributed by atoms with Gasteiger partial charge in [0, 0.05) is 37.8 Å². The van der Waals surface area contributed by atoms with Gasteiger partial charge in [-0.3, -0.25) is 0 Å². The molecule has 1 N–H and O–H groups in total. The number of hydrogen-bond donors (Lipinski definition) is 1. The van der Waals surface area contributed by atoms with E-state index in [9.17, 15) is 4.79 Å². The lowest BCUT2D eigenvalue weighted by molar-refractivity contribution is 0.122. The highest BCUT2D eigenvalue weighted by Crippen LogP contribution is 2.21. The second kappa shape index (κ2) is 8.43. The SMILES string of the molecule is Cc1cccc(NC(=O)N2CCC(Oc3cc(N4CCOCC4)ncn3)C2)c1. The zero-order valence-electron chi connectivity index (χ0n) is 16.0. The van der Waals surface area contributed by atoms with Gasteiger partial charge in [0.1, 0.15) is 18.2 Å². The highest BCUT2D eigenvalue weighted by molar-refractivity contribution is 5.89. The summed E-state index contributed by atoms with van der Waals surface area (Å²) in [6.07, 6.45) is 2.23. The predicted molar refractivity (Wildman–Crippen MR) is 106 cm³/mol. The largest absolute Gasteiger partial charge is 0.472 e. The Balaban J connectivity index is 1.32. The topological polar surface area (TPSA) is 79.8 Å². The van der Waals surface area contributed by atoms with Crippen LogP contribution >= 0.6 is 0 Å². The summed E-state index contributed by atoms with van der Waals surface area (Å²) in [5, 5.41) is 2.95. The van der Waals surface area contributed by atoms with Gasteiger partial charge in [0.15, 0.2) is 0 Å². The van der Waals surface area contributed by atoms with Gasteiger partial charge < -0.3 is 24.6 Å². The average molecular weight is 383 g/mol. The van der Waals surface area contributed by atoms with Crippen LogP contribution in [0, 0.1) is 6.92 Å². The monoisotopic (exact) mass is 383 g/mol. The van der Waals surface area contributed by atoms with E-state index < -0.39 is 0 Å². The zero-order chi connectivity index (χ0) is 19.3. The summed E-state index contributed by atoms with van der Waals surface area (Å²) in [6.45, 7) is 6.22. The number of aromatic nitrogens is 2. The van der Waals surface area contributed by atoms with Crippen LogP contribution in [0.4, 0.5) is 16.3 Å². The summed E-state index contributed by atoms with van der Waals surface area (Å²) in [7, 11) is 0. The van der Waals surface area contributed by atoms with E-state index >= 15 is 0 Å². The lowest BCUT2D eigenvalue weighted by Gasteiger charge is -2.27. The fraction of sp³-hybridized carbons (Fsp3) is 0.450. The standard InChI is InChI=1S/C20H25N5O3/c1-15-3-2-4-16(11-15)23-20(26)25-6-5-17(13-25)28-19-12-18(21-14-22-19)24-7-9-27-10-8-24/h2-4,11-12,14,17H,5-10,13H2,1H3,(H,23,26). The first-order chi connectivity index (χ1) is 13.7. The summed E-state index contributed by atoms with van der Waals surface area (Å²) in [6, 6.07) is 9.54. The number of anilines is 2. The molecule has 8 nitrogen and oxygen atoms in total. The van der Waals surface area contributed by atoms with Gasteiger partial charge >= 0.3 is 6.03 Å². The van der Waals surface area contributed by atoms with Crippen molar-refractivity contribution in [1.82, 2.24) is 14.9 Å². The van der Waals surface area contributed by atoms with Gasteiger partial charge in [-0.25, -0.2) is 14.8 Å². The molecule has 148 valence electrons. The zero-order valence-corrected chi connectivity index (χ0v) is 16.0. The molecule has 8 heteroatoms. The molecule has 0 saturated carbocycles. The second-order valence-corrected chi connectivity index (χ2v) is 7.09. The molecular weight excluding hydrogens is 358 g/mol. The van der Waals surface area contributed by atoms with Crippen molar-refractivity contribution in [3.63, 3.8) is 0 Å². The molecule has 2 aliphatic heterocycles. The maximum atomic E-state index is 12.5. The summed E-state index contributed by atoms with van der Waals surface area (Å²) < 4.78 is 11.4. The second-order valence-electron chi connectivity index (χ2n) is 7.09. The van der Waals surface area contributed by atoms with E-state index in [0.717, 1.165) is 36.6 Å². The maximum absolute atomic E-state index is 12.5. The fourth-order valence-electron chi connectivity index (χ4n) is 3.46. The molecule has 2 saturated heterocycles. The Kier molecular flexibility index (Phi) is 5.57. The number of carbonyl (C=O) groups excluding carboxylic acids is 1. The Hall–Kier alpha value is -2.87. The van der Waals surface area contributed by atoms with E-state index in [0.29, 0.717) is 32.2 Å². The van der Waals surface area contributed by atoms with Gasteiger partial charge in [-0.05, 0) is 24.6 Å². The lowest BCUT2D eigenvalue weighted by Crippen LogP contribution is -2.36. The molecule has 3 heterocycles. The van der Waals surface area contributed by atoms with Crippen LogP contribution in [0.2, 0.25) is 0 Å². The molecule has 4 rings (SSSR count). The minimum Gasteiger partial charge on any atom is -0.472 e. The van der Waals surface area contributed by atoms with Crippen LogP contribution < -0.4 is 15.0 Å². The van der Waals surface area contributed by atoms with E-state index in [-0.39, 0.29) is 12.1 Å². The fourth-order valence-corrected chi connectivity index (χ4v) is 3.46. The molecule has 0 bridgehead atoms. The maximum Gasteiger partial charge on any atom is 0.321 e. The number of rotatable bonds is 4. The van der Waals surface area contributed by atoms with Crippen molar-refractivity contribution in [3.05, 3.63) is 42.2 Å². The molecule has 1 unspecified atom stereocenters. The third kappa shape index (κ3) is 4.51. The van der Waals surface area contributed by atoms with Crippen LogP contribution in [0.1, 0.15) is 12.0 Å². The van der Waals surface area contributed by atoms with Gasteiger partial charge in [0.05, 0.1) is 19.8 Å². The summed E-state index contributed by atoms with van der Waals surface area (Å²) in [4.78, 5) is 25.0. The van der Waals surface area contributed by atoms with Crippen molar-refractivity contribution in [1.29, 1.82) is 0 Å². The average Bonchev–Trinajstić information content (AvgIpc) is 3.18. The molecule has 0 radical (unpaired) electrons. The van der Waals surface area contributed by atoms with E-state index in [2.05, 4.69) is 20.2 Å². The Morgan fingerprint density at radius 1 is 1.21 bits per heavy atom. The number of amides is 2. The Bertz CT molecular complexity index is 825. The van der Waals surface area contributed by atoms with Crippen molar-refractivity contribution in [2.45, 2.75) is 19.4 Å². The number of nitrogens with one attached hydrogen (secondary N) is 1. The van der Waals surface area contributed by atoms with Crippen LogP contribution in [-0.2, 0) is 4.74 Å². The van der Waals surface area contributed by atoms with E-state index in [1.807, 2.05) is 37.3 Å². The smallest absolute Gasteiger partial charge is 0.321 e. The normalized spacial score (nSPS) is 19.5. The third-order valence-electron chi connectivity index (χ3n) is 4.95. The van der Waals surface area contributed by atoms with Gasteiger partial charge in [0.25, 0.3) is 0 Å². The van der Waals surface area contributed by atoms with Gasteiger partial charge in [-0.15, -0.1) is 0 Å². The molecule has 1 atom stereocenters. The number of nitrogens with zero attached hydrogens (tertiary/aromatic N) is 4. The van der Waals surface area contributed by atoms with Crippen LogP contribution in [0.5, 0.6) is 5.88 Å². The molecular formula is C20H25N5O3. The molecule has 1 aromatic heterocycles. The number of morpholine rings is 1. The van der Waals surface area contributed by atoms with E-state index in [4.69, 9.17) is 9.47 Å². The van der Waals surface area contributed by atoms with Crippen LogP contribution in [-0.4, -0.2) is 66.4 Å². The first kappa shape index (κ1) is 18.5. The van der Waals surface area contributed by atoms with Crippen molar-refractivity contribution in [2.24, 2.45) is 0 Å². The third-order valence-corrected chi connectivity index (χ3v) is 4.95. The lowest BCUT2D eigenvalue weighted by atomic mass is 10.2. The molecule has 2 fully saturated rings. The van der Waals surface area contributed by atoms with Gasteiger partial charge in [0.2, 0.25) is 5.88 Å². The van der Waals surface area contributed by atoms with Crippen molar-refractivity contribution < 1.29 is 14.3 Å². The number of ether oxygens (including phenoxy) is 2. The van der Waals surface area contributed by atoms with Crippen molar-refractivity contribution in [2.75, 3.05) is 49.6 Å². The number of likely N-dealkylation sites (tertiary alicyclic amines) is 1. The first-order valence-electron chi connectivity index (χ1n) is 9.61. The number of benzene rings is 1. The minimum absolute atomic E-state index is 0.0734. The molecule has 0 spiro atoms. The van der Waals surface area contributed by atoms with Crippen molar-refractivity contribution >= 4 is 17.5 Å². The first-order valence-corrected chi connectivity index (χ1v) is 9.61. The number of carbonyl (C=O) groups is 1. The van der Waals surface area contributed by atoms with Crippen LogP contribution in [0.3, 0.4) is 0 Å². The van der Waals surface area contributed by atoms with Crippen LogP contribution in [0.15, 0.2) is 36.7 Å². The van der Waals surface area contributed by atoms with Gasteiger partial charge in [-0.1, -0.05) is 12.1 Å². The highest BCUT2D eigenvalue weighted by atomic mass is 16.5. The highest BCUT2D eigenvalue weighted by Gasteiger charge is 2.28. The molecule has 1 aromatic carbocycles. The summed E-state index contributed by atoms with van der Waals surface area (Å²) in [5.74, 6) is 1.39. The van der Waals surface area contributed by atoms with Crippen molar-refractivity contribution in [3.8, 4) is 5.88 Å². The molecule has 2 aliphatic rings.